The first kappa shape index (κ1) is 11.8. The summed E-state index contributed by atoms with van der Waals surface area (Å²) in [7, 11) is 0. The minimum Gasteiger partial charge on any atom is -0.454 e. The van der Waals surface area contributed by atoms with Gasteiger partial charge in [0.1, 0.15) is 0 Å². The number of hydrogen-bond donors (Lipinski definition) is 2. The van der Waals surface area contributed by atoms with Gasteiger partial charge in [-0.25, -0.2) is 0 Å². The normalized spacial score (nSPS) is 20.9. The highest BCUT2D eigenvalue weighted by molar-refractivity contribution is 5.45. The second-order valence-electron chi connectivity index (χ2n) is 5.03. The topological polar surface area (TPSA) is 42.5 Å². The molecule has 3 rings (SSSR count). The minimum absolute atomic E-state index is 0.342. The Kier molecular flexibility index (Phi) is 3.39. The molecule has 2 aliphatic rings. The summed E-state index contributed by atoms with van der Waals surface area (Å²) in [5.74, 6) is 1.72. The van der Waals surface area contributed by atoms with Crippen LogP contribution in [0, 0.1) is 0 Å². The Morgan fingerprint density at radius 1 is 1.22 bits per heavy atom. The van der Waals surface area contributed by atoms with Gasteiger partial charge in [0.25, 0.3) is 0 Å². The van der Waals surface area contributed by atoms with Crippen molar-refractivity contribution in [2.45, 2.75) is 31.8 Å². The lowest BCUT2D eigenvalue weighted by Crippen LogP contribution is -2.40. The molecule has 1 saturated heterocycles. The number of hydrogen-bond acceptors (Lipinski definition) is 4. The van der Waals surface area contributed by atoms with Crippen molar-refractivity contribution >= 4 is 0 Å². The van der Waals surface area contributed by atoms with E-state index in [1.165, 1.54) is 18.4 Å². The fourth-order valence-corrected chi connectivity index (χ4v) is 2.62. The van der Waals surface area contributed by atoms with Crippen LogP contribution in [0.1, 0.15) is 31.4 Å². The minimum atomic E-state index is 0.342. The van der Waals surface area contributed by atoms with E-state index in [1.54, 1.807) is 0 Å². The summed E-state index contributed by atoms with van der Waals surface area (Å²) in [6.45, 7) is 4.78. The SMILES string of the molecule is CC(NC1CCNCC1)c1ccc2c(c1)OCO2. The maximum Gasteiger partial charge on any atom is 0.231 e. The Bertz CT molecular complexity index is 416. The standard InChI is InChI=1S/C14H20N2O2/c1-10(16-12-4-6-15-7-5-12)11-2-3-13-14(8-11)18-9-17-13/h2-3,8,10,12,15-16H,4-7,9H2,1H3. The summed E-state index contributed by atoms with van der Waals surface area (Å²) >= 11 is 0. The lowest BCUT2D eigenvalue weighted by molar-refractivity contribution is 0.174. The maximum atomic E-state index is 5.42. The number of benzene rings is 1. The van der Waals surface area contributed by atoms with Gasteiger partial charge in [0.15, 0.2) is 11.5 Å². The Morgan fingerprint density at radius 3 is 2.83 bits per heavy atom. The molecule has 1 fully saturated rings. The van der Waals surface area contributed by atoms with Crippen LogP contribution in [0.25, 0.3) is 0 Å². The van der Waals surface area contributed by atoms with Gasteiger partial charge in [-0.1, -0.05) is 6.07 Å². The fraction of sp³-hybridized carbons (Fsp3) is 0.571. The molecule has 1 atom stereocenters. The predicted molar refractivity (Wildman–Crippen MR) is 70.0 cm³/mol. The molecule has 4 heteroatoms. The summed E-state index contributed by atoms with van der Waals surface area (Å²) in [6, 6.07) is 7.17. The van der Waals surface area contributed by atoms with Crippen LogP contribution in [0.3, 0.4) is 0 Å². The first-order chi connectivity index (χ1) is 8.83. The van der Waals surface area contributed by atoms with Crippen molar-refractivity contribution in [2.75, 3.05) is 19.9 Å². The highest BCUT2D eigenvalue weighted by atomic mass is 16.7. The molecule has 1 aromatic carbocycles. The first-order valence-corrected chi connectivity index (χ1v) is 6.69. The average Bonchev–Trinajstić information content (AvgIpc) is 2.87. The third-order valence-corrected chi connectivity index (χ3v) is 3.72. The summed E-state index contributed by atoms with van der Waals surface area (Å²) in [5.41, 5.74) is 1.26. The van der Waals surface area contributed by atoms with Crippen molar-refractivity contribution in [3.63, 3.8) is 0 Å². The van der Waals surface area contributed by atoms with E-state index in [2.05, 4.69) is 29.7 Å². The van der Waals surface area contributed by atoms with Crippen LogP contribution < -0.4 is 20.1 Å². The Balaban J connectivity index is 1.66. The van der Waals surface area contributed by atoms with E-state index in [1.807, 2.05) is 6.07 Å². The van der Waals surface area contributed by atoms with Crippen LogP contribution in [-0.4, -0.2) is 25.9 Å². The van der Waals surface area contributed by atoms with Gasteiger partial charge in [-0.2, -0.15) is 0 Å². The third kappa shape index (κ3) is 2.44. The third-order valence-electron chi connectivity index (χ3n) is 3.72. The summed E-state index contributed by atoms with van der Waals surface area (Å²) in [6.07, 6.45) is 2.41. The van der Waals surface area contributed by atoms with E-state index in [0.29, 0.717) is 18.9 Å². The van der Waals surface area contributed by atoms with Gasteiger partial charge in [0, 0.05) is 12.1 Å². The Morgan fingerprint density at radius 2 is 2.00 bits per heavy atom. The van der Waals surface area contributed by atoms with Crippen LogP contribution in [0.5, 0.6) is 11.5 Å². The molecule has 2 aliphatic heterocycles. The quantitative estimate of drug-likeness (QED) is 0.856. The van der Waals surface area contributed by atoms with Crippen molar-refractivity contribution < 1.29 is 9.47 Å². The smallest absolute Gasteiger partial charge is 0.231 e. The van der Waals surface area contributed by atoms with Crippen molar-refractivity contribution in [1.82, 2.24) is 10.6 Å². The highest BCUT2D eigenvalue weighted by Crippen LogP contribution is 2.34. The molecule has 2 heterocycles. The Hall–Kier alpha value is -1.26. The second kappa shape index (κ2) is 5.16. The van der Waals surface area contributed by atoms with E-state index in [4.69, 9.17) is 9.47 Å². The van der Waals surface area contributed by atoms with E-state index in [9.17, 15) is 0 Å². The van der Waals surface area contributed by atoms with Gasteiger partial charge in [-0.3, -0.25) is 0 Å². The van der Waals surface area contributed by atoms with Gasteiger partial charge < -0.3 is 20.1 Å². The molecule has 0 radical (unpaired) electrons. The largest absolute Gasteiger partial charge is 0.454 e. The Labute approximate surface area is 108 Å². The molecule has 1 aromatic rings. The molecule has 98 valence electrons. The molecule has 0 aliphatic carbocycles. The summed E-state index contributed by atoms with van der Waals surface area (Å²) < 4.78 is 10.8. The van der Waals surface area contributed by atoms with E-state index in [0.717, 1.165) is 24.6 Å². The average molecular weight is 248 g/mol. The fourth-order valence-electron chi connectivity index (χ4n) is 2.62. The van der Waals surface area contributed by atoms with E-state index >= 15 is 0 Å². The zero-order valence-electron chi connectivity index (χ0n) is 10.7. The monoisotopic (exact) mass is 248 g/mol. The molecular formula is C14H20N2O2. The van der Waals surface area contributed by atoms with Crippen LogP contribution in [0.4, 0.5) is 0 Å². The zero-order valence-corrected chi connectivity index (χ0v) is 10.7. The summed E-state index contributed by atoms with van der Waals surface area (Å²) in [5, 5.41) is 7.08. The summed E-state index contributed by atoms with van der Waals surface area (Å²) in [4.78, 5) is 0. The molecule has 1 unspecified atom stereocenters. The number of nitrogens with one attached hydrogen (secondary N) is 2. The molecule has 2 N–H and O–H groups in total. The van der Waals surface area contributed by atoms with E-state index in [-0.39, 0.29) is 0 Å². The molecule has 0 amide bonds. The van der Waals surface area contributed by atoms with Crippen molar-refractivity contribution in [2.24, 2.45) is 0 Å². The van der Waals surface area contributed by atoms with Crippen LogP contribution in [0.2, 0.25) is 0 Å². The number of piperidine rings is 1. The molecule has 0 aromatic heterocycles. The van der Waals surface area contributed by atoms with Crippen molar-refractivity contribution in [3.05, 3.63) is 23.8 Å². The van der Waals surface area contributed by atoms with Crippen LogP contribution >= 0.6 is 0 Å². The van der Waals surface area contributed by atoms with Gasteiger partial charge in [0.2, 0.25) is 6.79 Å². The predicted octanol–water partition coefficient (Wildman–Crippen LogP) is 1.82. The molecule has 0 saturated carbocycles. The molecule has 0 spiro atoms. The van der Waals surface area contributed by atoms with Gasteiger partial charge in [-0.15, -0.1) is 0 Å². The number of ether oxygens (including phenoxy) is 2. The van der Waals surface area contributed by atoms with Gasteiger partial charge in [0.05, 0.1) is 0 Å². The van der Waals surface area contributed by atoms with Gasteiger partial charge in [-0.05, 0) is 50.6 Å². The highest BCUT2D eigenvalue weighted by Gasteiger charge is 2.19. The van der Waals surface area contributed by atoms with Crippen LogP contribution in [0.15, 0.2) is 18.2 Å². The first-order valence-electron chi connectivity index (χ1n) is 6.69. The van der Waals surface area contributed by atoms with Crippen molar-refractivity contribution in [1.29, 1.82) is 0 Å². The molecule has 4 nitrogen and oxygen atoms in total. The molecular weight excluding hydrogens is 228 g/mol. The van der Waals surface area contributed by atoms with Gasteiger partial charge >= 0.3 is 0 Å². The lowest BCUT2D eigenvalue weighted by Gasteiger charge is -2.27. The van der Waals surface area contributed by atoms with Crippen molar-refractivity contribution in [3.8, 4) is 11.5 Å². The lowest BCUT2D eigenvalue weighted by atomic mass is 10.0. The molecule has 0 bridgehead atoms. The number of rotatable bonds is 3. The zero-order chi connectivity index (χ0) is 12.4. The molecule has 18 heavy (non-hydrogen) atoms. The van der Waals surface area contributed by atoms with E-state index < -0.39 is 0 Å². The van der Waals surface area contributed by atoms with Crippen LogP contribution in [-0.2, 0) is 0 Å². The second-order valence-corrected chi connectivity index (χ2v) is 5.03. The maximum absolute atomic E-state index is 5.42. The number of fused-ring (bicyclic) bond motifs is 1.